The van der Waals surface area contributed by atoms with E-state index >= 15 is 0 Å². The molecule has 1 saturated carbocycles. The van der Waals surface area contributed by atoms with Crippen molar-refractivity contribution in [2.24, 2.45) is 5.92 Å². The molecule has 1 aliphatic carbocycles. The van der Waals surface area contributed by atoms with Gasteiger partial charge in [0, 0.05) is 43.6 Å². The van der Waals surface area contributed by atoms with Gasteiger partial charge in [-0.3, -0.25) is 9.78 Å². The Hall–Kier alpha value is -2.24. The molecule has 0 aromatic carbocycles. The van der Waals surface area contributed by atoms with Crippen molar-refractivity contribution in [1.82, 2.24) is 24.4 Å². The molecule has 3 heterocycles. The first-order valence-corrected chi connectivity index (χ1v) is 8.71. The zero-order valence-corrected chi connectivity index (χ0v) is 14.3. The number of amides is 1. The van der Waals surface area contributed by atoms with E-state index < -0.39 is 0 Å². The van der Waals surface area contributed by atoms with Crippen molar-refractivity contribution < 1.29 is 4.79 Å². The summed E-state index contributed by atoms with van der Waals surface area (Å²) in [5.74, 6) is 2.37. The van der Waals surface area contributed by atoms with Crippen LogP contribution in [0.25, 0.3) is 0 Å². The van der Waals surface area contributed by atoms with E-state index in [9.17, 15) is 4.79 Å². The fourth-order valence-electron chi connectivity index (χ4n) is 3.47. The topological polar surface area (TPSA) is 63.9 Å². The second-order valence-corrected chi connectivity index (χ2v) is 7.09. The molecule has 4 rings (SSSR count). The quantitative estimate of drug-likeness (QED) is 0.865. The molecule has 1 unspecified atom stereocenters. The van der Waals surface area contributed by atoms with Gasteiger partial charge in [-0.05, 0) is 39.0 Å². The molecule has 1 amide bonds. The predicted molar refractivity (Wildman–Crippen MR) is 89.7 cm³/mol. The molecule has 0 N–H and O–H groups in total. The molecule has 1 saturated heterocycles. The van der Waals surface area contributed by atoms with Crippen molar-refractivity contribution >= 4 is 5.91 Å². The smallest absolute Gasteiger partial charge is 0.274 e. The van der Waals surface area contributed by atoms with Crippen molar-refractivity contribution in [2.75, 3.05) is 13.1 Å². The summed E-state index contributed by atoms with van der Waals surface area (Å²) in [6.07, 6.45) is 8.77. The zero-order valence-electron chi connectivity index (χ0n) is 14.3. The molecule has 2 aromatic heterocycles. The number of aromatic nitrogens is 4. The highest BCUT2D eigenvalue weighted by atomic mass is 16.2. The SMILES string of the molecule is Cc1cnc(C(=O)N2CCC(Cn3c(C)cnc3C3CC3)C2)cn1. The summed E-state index contributed by atoms with van der Waals surface area (Å²) in [7, 11) is 0. The number of hydrogen-bond acceptors (Lipinski definition) is 4. The number of hydrogen-bond donors (Lipinski definition) is 0. The number of imidazole rings is 1. The highest BCUT2D eigenvalue weighted by Gasteiger charge is 2.32. The average molecular weight is 325 g/mol. The van der Waals surface area contributed by atoms with E-state index in [-0.39, 0.29) is 5.91 Å². The monoisotopic (exact) mass is 325 g/mol. The van der Waals surface area contributed by atoms with Crippen molar-refractivity contribution in [3.05, 3.63) is 41.5 Å². The first kappa shape index (κ1) is 15.3. The van der Waals surface area contributed by atoms with E-state index in [1.165, 1.54) is 24.4 Å². The number of rotatable bonds is 4. The second-order valence-electron chi connectivity index (χ2n) is 7.09. The lowest BCUT2D eigenvalue weighted by Crippen LogP contribution is -2.30. The van der Waals surface area contributed by atoms with Crippen LogP contribution in [-0.2, 0) is 6.54 Å². The Kier molecular flexibility index (Phi) is 3.82. The number of aryl methyl sites for hydroxylation is 2. The first-order valence-electron chi connectivity index (χ1n) is 8.71. The Labute approximate surface area is 141 Å². The van der Waals surface area contributed by atoms with E-state index in [4.69, 9.17) is 0 Å². The Morgan fingerprint density at radius 2 is 1.96 bits per heavy atom. The molecule has 6 heteroatoms. The van der Waals surface area contributed by atoms with Crippen molar-refractivity contribution in [1.29, 1.82) is 0 Å². The molecular weight excluding hydrogens is 302 g/mol. The van der Waals surface area contributed by atoms with Gasteiger partial charge in [0.2, 0.25) is 0 Å². The van der Waals surface area contributed by atoms with Gasteiger partial charge >= 0.3 is 0 Å². The molecule has 24 heavy (non-hydrogen) atoms. The molecule has 1 aliphatic heterocycles. The van der Waals surface area contributed by atoms with Crippen LogP contribution in [-0.4, -0.2) is 43.4 Å². The van der Waals surface area contributed by atoms with Gasteiger partial charge in [-0.15, -0.1) is 0 Å². The maximum atomic E-state index is 12.6. The summed E-state index contributed by atoms with van der Waals surface area (Å²) in [6, 6.07) is 0. The number of nitrogens with zero attached hydrogens (tertiary/aromatic N) is 5. The van der Waals surface area contributed by atoms with Gasteiger partial charge in [0.15, 0.2) is 0 Å². The van der Waals surface area contributed by atoms with Gasteiger partial charge in [0.05, 0.1) is 11.9 Å². The predicted octanol–water partition coefficient (Wildman–Crippen LogP) is 2.33. The van der Waals surface area contributed by atoms with Gasteiger partial charge < -0.3 is 9.47 Å². The largest absolute Gasteiger partial charge is 0.337 e. The maximum absolute atomic E-state index is 12.6. The van der Waals surface area contributed by atoms with Gasteiger partial charge in [-0.2, -0.15) is 0 Å². The Balaban J connectivity index is 1.42. The molecule has 6 nitrogen and oxygen atoms in total. The number of likely N-dealkylation sites (tertiary alicyclic amines) is 1. The second kappa shape index (κ2) is 6.00. The summed E-state index contributed by atoms with van der Waals surface area (Å²) in [5.41, 5.74) is 2.50. The van der Waals surface area contributed by atoms with Gasteiger partial charge in [-0.25, -0.2) is 9.97 Å². The van der Waals surface area contributed by atoms with Crippen LogP contribution in [0.15, 0.2) is 18.6 Å². The van der Waals surface area contributed by atoms with Crippen LogP contribution in [0.2, 0.25) is 0 Å². The summed E-state index contributed by atoms with van der Waals surface area (Å²) < 4.78 is 2.36. The minimum atomic E-state index is -0.00484. The number of carbonyl (C=O) groups is 1. The minimum Gasteiger partial charge on any atom is -0.337 e. The van der Waals surface area contributed by atoms with E-state index in [1.54, 1.807) is 12.4 Å². The van der Waals surface area contributed by atoms with E-state index in [0.29, 0.717) is 17.5 Å². The molecule has 2 fully saturated rings. The summed E-state index contributed by atoms with van der Waals surface area (Å²) in [4.78, 5) is 27.5. The van der Waals surface area contributed by atoms with E-state index in [0.717, 1.165) is 31.7 Å². The highest BCUT2D eigenvalue weighted by Crippen LogP contribution is 2.40. The minimum absolute atomic E-state index is 0.00484. The maximum Gasteiger partial charge on any atom is 0.274 e. The van der Waals surface area contributed by atoms with Crippen LogP contribution in [0.5, 0.6) is 0 Å². The van der Waals surface area contributed by atoms with E-state index in [2.05, 4.69) is 26.4 Å². The molecular formula is C18H23N5O. The van der Waals surface area contributed by atoms with Crippen molar-refractivity contribution in [2.45, 2.75) is 45.6 Å². The third-order valence-electron chi connectivity index (χ3n) is 5.04. The lowest BCUT2D eigenvalue weighted by molar-refractivity contribution is 0.0779. The normalized spacial score (nSPS) is 20.6. The molecule has 0 spiro atoms. The molecule has 0 bridgehead atoms. The Bertz CT molecular complexity index is 747. The zero-order chi connectivity index (χ0) is 16.7. The first-order chi connectivity index (χ1) is 11.6. The summed E-state index contributed by atoms with van der Waals surface area (Å²) in [6.45, 7) is 6.54. The van der Waals surface area contributed by atoms with Gasteiger partial charge in [0.25, 0.3) is 5.91 Å². The average Bonchev–Trinajstić information content (AvgIpc) is 3.21. The molecule has 2 aliphatic rings. The van der Waals surface area contributed by atoms with Gasteiger partial charge in [-0.1, -0.05) is 0 Å². The lowest BCUT2D eigenvalue weighted by Gasteiger charge is -2.17. The van der Waals surface area contributed by atoms with Crippen LogP contribution in [0.3, 0.4) is 0 Å². The summed E-state index contributed by atoms with van der Waals surface area (Å²) in [5, 5.41) is 0. The van der Waals surface area contributed by atoms with Crippen molar-refractivity contribution in [3.8, 4) is 0 Å². The van der Waals surface area contributed by atoms with Crippen LogP contribution in [0.4, 0.5) is 0 Å². The third-order valence-corrected chi connectivity index (χ3v) is 5.04. The third kappa shape index (κ3) is 2.92. The summed E-state index contributed by atoms with van der Waals surface area (Å²) >= 11 is 0. The fraction of sp³-hybridized carbons (Fsp3) is 0.556. The Morgan fingerprint density at radius 3 is 2.67 bits per heavy atom. The van der Waals surface area contributed by atoms with Crippen LogP contribution < -0.4 is 0 Å². The standard InChI is InChI=1S/C18H23N5O/c1-12-7-20-16(9-19-12)18(24)22-6-5-14(10-22)11-23-13(2)8-21-17(23)15-3-4-15/h7-9,14-15H,3-6,10-11H2,1-2H3. The molecule has 0 radical (unpaired) electrons. The highest BCUT2D eigenvalue weighted by molar-refractivity contribution is 5.92. The van der Waals surface area contributed by atoms with Crippen LogP contribution >= 0.6 is 0 Å². The molecule has 126 valence electrons. The molecule has 2 aromatic rings. The Morgan fingerprint density at radius 1 is 1.12 bits per heavy atom. The van der Waals surface area contributed by atoms with E-state index in [1.807, 2.05) is 18.0 Å². The van der Waals surface area contributed by atoms with Crippen LogP contribution in [0.1, 0.15) is 52.9 Å². The van der Waals surface area contributed by atoms with Crippen LogP contribution in [0, 0.1) is 19.8 Å². The fourth-order valence-corrected chi connectivity index (χ4v) is 3.47. The molecule has 1 atom stereocenters. The lowest BCUT2D eigenvalue weighted by atomic mass is 10.1. The number of carbonyl (C=O) groups excluding carboxylic acids is 1. The van der Waals surface area contributed by atoms with Gasteiger partial charge in [0.1, 0.15) is 11.5 Å². The van der Waals surface area contributed by atoms with Crippen molar-refractivity contribution in [3.63, 3.8) is 0 Å².